The molecule has 7 nitrogen and oxygen atoms in total. The average molecular weight is 419 g/mol. The van der Waals surface area contributed by atoms with Crippen molar-refractivity contribution in [2.45, 2.75) is 50.8 Å². The minimum Gasteiger partial charge on any atom is -0.484 e. The fraction of sp³-hybridized carbons (Fsp3) is 0.636. The van der Waals surface area contributed by atoms with Gasteiger partial charge in [0.1, 0.15) is 17.8 Å². The van der Waals surface area contributed by atoms with Crippen LogP contribution in [0.1, 0.15) is 37.7 Å². The van der Waals surface area contributed by atoms with Crippen LogP contribution in [0.2, 0.25) is 0 Å². The first-order chi connectivity index (χ1) is 14.3. The number of halogens is 1. The lowest BCUT2D eigenvalue weighted by Crippen LogP contribution is -2.78. The van der Waals surface area contributed by atoms with Crippen molar-refractivity contribution >= 4 is 11.8 Å². The van der Waals surface area contributed by atoms with E-state index in [0.29, 0.717) is 43.0 Å². The molecule has 3 N–H and O–H groups in total. The molecule has 1 saturated heterocycles. The first kappa shape index (κ1) is 21.1. The van der Waals surface area contributed by atoms with Gasteiger partial charge >= 0.3 is 0 Å². The largest absolute Gasteiger partial charge is 0.484 e. The second kappa shape index (κ2) is 8.15. The number of amides is 2. The molecule has 4 fully saturated rings. The molecule has 0 radical (unpaired) electrons. The molecule has 164 valence electrons. The van der Waals surface area contributed by atoms with Crippen LogP contribution in [0.4, 0.5) is 4.39 Å². The molecule has 2 amide bonds. The van der Waals surface area contributed by atoms with E-state index in [4.69, 9.17) is 9.47 Å². The lowest BCUT2D eigenvalue weighted by atomic mass is 9.39. The van der Waals surface area contributed by atoms with E-state index in [1.54, 1.807) is 26.2 Å². The predicted octanol–water partition coefficient (Wildman–Crippen LogP) is 1.64. The van der Waals surface area contributed by atoms with E-state index in [9.17, 15) is 14.0 Å². The summed E-state index contributed by atoms with van der Waals surface area (Å²) in [5, 5.41) is 9.41. The van der Waals surface area contributed by atoms with Gasteiger partial charge in [0.25, 0.3) is 5.91 Å². The van der Waals surface area contributed by atoms with Gasteiger partial charge in [-0.25, -0.2) is 4.39 Å². The molecular formula is C22H30FN3O4. The Morgan fingerprint density at radius 2 is 2.03 bits per heavy atom. The SMILES string of the molecule is COC1CCC(CNC(=O)C23CC(NC(=O)COc4ccc(C)c(F)c4)(C2)C3)CN1. The van der Waals surface area contributed by atoms with Gasteiger partial charge in [-0.3, -0.25) is 14.9 Å². The fourth-order valence-electron chi connectivity index (χ4n) is 4.99. The number of carbonyl (C=O) groups excluding carboxylic acids is 2. The van der Waals surface area contributed by atoms with Gasteiger partial charge in [0.2, 0.25) is 5.91 Å². The molecule has 1 heterocycles. The molecule has 3 saturated carbocycles. The van der Waals surface area contributed by atoms with Gasteiger partial charge in [0, 0.05) is 31.8 Å². The maximum atomic E-state index is 13.6. The van der Waals surface area contributed by atoms with Gasteiger partial charge in [-0.2, -0.15) is 0 Å². The second-order valence-electron chi connectivity index (χ2n) is 9.12. The number of hydrogen-bond acceptors (Lipinski definition) is 5. The first-order valence-corrected chi connectivity index (χ1v) is 10.6. The van der Waals surface area contributed by atoms with Crippen molar-refractivity contribution in [3.8, 4) is 5.75 Å². The quantitative estimate of drug-likeness (QED) is 0.596. The zero-order valence-electron chi connectivity index (χ0n) is 17.6. The van der Waals surface area contributed by atoms with Crippen LogP contribution in [0, 0.1) is 24.1 Å². The molecule has 30 heavy (non-hydrogen) atoms. The highest BCUT2D eigenvalue weighted by Gasteiger charge is 2.72. The Labute approximate surface area is 176 Å². The van der Waals surface area contributed by atoms with E-state index in [0.717, 1.165) is 19.4 Å². The molecule has 1 aliphatic heterocycles. The van der Waals surface area contributed by atoms with Crippen LogP contribution in [-0.2, 0) is 14.3 Å². The third-order valence-electron chi connectivity index (χ3n) is 6.74. The molecular weight excluding hydrogens is 389 g/mol. The number of carbonyl (C=O) groups is 2. The highest BCUT2D eigenvalue weighted by atomic mass is 19.1. The topological polar surface area (TPSA) is 88.7 Å². The Hall–Kier alpha value is -2.19. The second-order valence-corrected chi connectivity index (χ2v) is 9.12. The van der Waals surface area contributed by atoms with Gasteiger partial charge < -0.3 is 20.1 Å². The lowest BCUT2D eigenvalue weighted by molar-refractivity contribution is -0.184. The van der Waals surface area contributed by atoms with Gasteiger partial charge in [0.15, 0.2) is 6.61 Å². The summed E-state index contributed by atoms with van der Waals surface area (Å²) in [6.45, 7) is 3.02. The summed E-state index contributed by atoms with van der Waals surface area (Å²) in [6, 6.07) is 4.54. The van der Waals surface area contributed by atoms with E-state index in [1.807, 2.05) is 0 Å². The third-order valence-corrected chi connectivity index (χ3v) is 6.74. The monoisotopic (exact) mass is 419 g/mol. The number of piperidine rings is 1. The molecule has 0 spiro atoms. The van der Waals surface area contributed by atoms with E-state index < -0.39 is 0 Å². The van der Waals surface area contributed by atoms with Crippen molar-refractivity contribution < 1.29 is 23.5 Å². The predicted molar refractivity (Wildman–Crippen MR) is 108 cm³/mol. The fourth-order valence-corrected chi connectivity index (χ4v) is 4.99. The normalized spacial score (nSPS) is 31.8. The van der Waals surface area contributed by atoms with Crippen molar-refractivity contribution in [3.63, 3.8) is 0 Å². The Balaban J connectivity index is 1.16. The Morgan fingerprint density at radius 1 is 1.27 bits per heavy atom. The minimum absolute atomic E-state index is 0.0962. The Morgan fingerprint density at radius 3 is 2.67 bits per heavy atom. The maximum absolute atomic E-state index is 13.6. The maximum Gasteiger partial charge on any atom is 0.258 e. The molecule has 1 aromatic carbocycles. The molecule has 3 aliphatic carbocycles. The standard InChI is InChI=1S/C22H30FN3O4/c1-14-3-5-16(7-17(14)23)30-10-18(27)26-22-11-21(12-22,13-22)20(28)25-9-15-4-6-19(29-2)24-8-15/h3,5,7,15,19,24H,4,6,8-13H2,1-2H3,(H,25,28)(H,26,27). The van der Waals surface area contributed by atoms with Crippen LogP contribution in [0.15, 0.2) is 18.2 Å². The summed E-state index contributed by atoms with van der Waals surface area (Å²) in [5.41, 5.74) is -0.0806. The summed E-state index contributed by atoms with van der Waals surface area (Å²) in [6.07, 6.45) is 4.12. The molecule has 8 heteroatoms. The molecule has 2 unspecified atom stereocenters. The number of nitrogens with one attached hydrogen (secondary N) is 3. The van der Waals surface area contributed by atoms with Gasteiger partial charge in [-0.05, 0) is 56.6 Å². The van der Waals surface area contributed by atoms with Crippen LogP contribution >= 0.6 is 0 Å². The molecule has 5 rings (SSSR count). The van der Waals surface area contributed by atoms with Crippen LogP contribution in [0.5, 0.6) is 5.75 Å². The zero-order valence-corrected chi connectivity index (χ0v) is 17.6. The summed E-state index contributed by atoms with van der Waals surface area (Å²) in [4.78, 5) is 24.8. The van der Waals surface area contributed by atoms with Crippen molar-refractivity contribution in [1.82, 2.24) is 16.0 Å². The van der Waals surface area contributed by atoms with Crippen LogP contribution in [0.25, 0.3) is 0 Å². The van der Waals surface area contributed by atoms with Crippen molar-refractivity contribution in [3.05, 3.63) is 29.6 Å². The van der Waals surface area contributed by atoms with Crippen LogP contribution < -0.4 is 20.7 Å². The average Bonchev–Trinajstić information content (AvgIpc) is 2.69. The summed E-state index contributed by atoms with van der Waals surface area (Å²) >= 11 is 0. The van der Waals surface area contributed by atoms with Gasteiger partial charge in [0.05, 0.1) is 5.41 Å². The van der Waals surface area contributed by atoms with E-state index in [2.05, 4.69) is 16.0 Å². The Bertz CT molecular complexity index is 803. The van der Waals surface area contributed by atoms with Crippen molar-refractivity contribution in [1.29, 1.82) is 0 Å². The minimum atomic E-state index is -0.359. The molecule has 2 bridgehead atoms. The molecule has 0 aromatic heterocycles. The van der Waals surface area contributed by atoms with E-state index in [-0.39, 0.29) is 41.4 Å². The smallest absolute Gasteiger partial charge is 0.258 e. The summed E-state index contributed by atoms with van der Waals surface area (Å²) in [5.74, 6) is 0.244. The van der Waals surface area contributed by atoms with Gasteiger partial charge in [-0.15, -0.1) is 0 Å². The molecule has 2 atom stereocenters. The van der Waals surface area contributed by atoms with Crippen LogP contribution in [0.3, 0.4) is 0 Å². The Kier molecular flexibility index (Phi) is 5.72. The number of ether oxygens (including phenoxy) is 2. The number of hydrogen-bond donors (Lipinski definition) is 3. The van der Waals surface area contributed by atoms with E-state index in [1.165, 1.54) is 6.07 Å². The summed E-state index contributed by atoms with van der Waals surface area (Å²) in [7, 11) is 1.70. The third kappa shape index (κ3) is 4.16. The molecule has 4 aliphatic rings. The van der Waals surface area contributed by atoms with Crippen LogP contribution in [-0.4, -0.2) is 50.4 Å². The zero-order chi connectivity index (χ0) is 21.4. The number of aryl methyl sites for hydroxylation is 1. The highest BCUT2D eigenvalue weighted by molar-refractivity contribution is 5.88. The summed E-state index contributed by atoms with van der Waals surface area (Å²) < 4.78 is 24.2. The number of benzene rings is 1. The highest BCUT2D eigenvalue weighted by Crippen LogP contribution is 2.67. The van der Waals surface area contributed by atoms with Crippen molar-refractivity contribution in [2.24, 2.45) is 11.3 Å². The number of rotatable bonds is 8. The van der Waals surface area contributed by atoms with Gasteiger partial charge in [-0.1, -0.05) is 6.07 Å². The van der Waals surface area contributed by atoms with Crippen molar-refractivity contribution in [2.75, 3.05) is 26.8 Å². The van der Waals surface area contributed by atoms with E-state index >= 15 is 0 Å². The first-order valence-electron chi connectivity index (χ1n) is 10.6. The molecule has 1 aromatic rings. The number of methoxy groups -OCH3 is 1. The lowest BCUT2D eigenvalue weighted by Gasteiger charge is -2.69.